The first kappa shape index (κ1) is 21.0. The van der Waals surface area contributed by atoms with Crippen molar-refractivity contribution in [3.63, 3.8) is 0 Å². The van der Waals surface area contributed by atoms with E-state index in [9.17, 15) is 14.4 Å². The molecule has 0 saturated heterocycles. The van der Waals surface area contributed by atoms with Crippen molar-refractivity contribution < 1.29 is 19.5 Å². The zero-order valence-corrected chi connectivity index (χ0v) is 15.9. The molecule has 1 aliphatic carbocycles. The van der Waals surface area contributed by atoms with Gasteiger partial charge in [0, 0.05) is 32.0 Å². The van der Waals surface area contributed by atoms with Gasteiger partial charge in [-0.3, -0.25) is 9.59 Å². The maximum absolute atomic E-state index is 13.3. The van der Waals surface area contributed by atoms with Gasteiger partial charge in [-0.05, 0) is 46.0 Å². The number of nitrogens with zero attached hydrogens (tertiary/aromatic N) is 1. The Balaban J connectivity index is 3.35. The number of hydrogen-bond acceptors (Lipinski definition) is 3. The molecule has 3 N–H and O–H groups in total. The number of carboxylic acid groups (broad SMARTS) is 1. The van der Waals surface area contributed by atoms with E-state index in [1.54, 1.807) is 7.05 Å². The van der Waals surface area contributed by atoms with Crippen molar-refractivity contribution in [3.05, 3.63) is 12.7 Å². The molecule has 142 valence electrons. The van der Waals surface area contributed by atoms with Crippen LogP contribution in [0.25, 0.3) is 0 Å². The highest BCUT2D eigenvalue weighted by Gasteiger charge is 2.53. The SMILES string of the molecule is C=C[C@@H]1CCC(CNC(=O)O)C(C(=O)NC(C)(C)C)(N(C)C(C)=O)C1. The van der Waals surface area contributed by atoms with Crippen molar-refractivity contribution in [1.82, 2.24) is 15.5 Å². The van der Waals surface area contributed by atoms with E-state index >= 15 is 0 Å². The number of carbonyl (C=O) groups excluding carboxylic acids is 2. The molecule has 1 fully saturated rings. The molecule has 0 radical (unpaired) electrons. The molecular weight excluding hydrogens is 322 g/mol. The average Bonchev–Trinajstić information content (AvgIpc) is 2.49. The minimum Gasteiger partial charge on any atom is -0.465 e. The number of amides is 3. The Morgan fingerprint density at radius 1 is 1.32 bits per heavy atom. The first-order valence-electron chi connectivity index (χ1n) is 8.60. The molecule has 0 aromatic carbocycles. The van der Waals surface area contributed by atoms with Gasteiger partial charge in [-0.2, -0.15) is 0 Å². The van der Waals surface area contributed by atoms with E-state index in [1.165, 1.54) is 11.8 Å². The van der Waals surface area contributed by atoms with E-state index in [0.29, 0.717) is 12.8 Å². The summed E-state index contributed by atoms with van der Waals surface area (Å²) >= 11 is 0. The van der Waals surface area contributed by atoms with Crippen LogP contribution in [-0.2, 0) is 9.59 Å². The quantitative estimate of drug-likeness (QED) is 0.658. The molecule has 1 aliphatic rings. The number of likely N-dealkylation sites (N-methyl/N-ethyl adjacent to an activating group) is 1. The lowest BCUT2D eigenvalue weighted by Crippen LogP contribution is -2.68. The maximum Gasteiger partial charge on any atom is 0.404 e. The summed E-state index contributed by atoms with van der Waals surface area (Å²) in [6, 6.07) is 0. The molecule has 3 atom stereocenters. The van der Waals surface area contributed by atoms with Crippen LogP contribution in [0.15, 0.2) is 12.7 Å². The molecule has 0 aliphatic heterocycles. The molecule has 3 amide bonds. The standard InChI is InChI=1S/C18H31N3O4/c1-7-13-8-9-14(11-19-16(24)25)18(10-13,21(6)12(2)22)15(23)20-17(3,4)5/h7,13-14,19H,1,8-11H2,2-6H3,(H,20,23)(H,24,25)/t13-,14?,18?/m1/s1. The minimum atomic E-state index is -1.14. The summed E-state index contributed by atoms with van der Waals surface area (Å²) in [6.07, 6.45) is 2.55. The maximum atomic E-state index is 13.3. The summed E-state index contributed by atoms with van der Waals surface area (Å²) < 4.78 is 0. The van der Waals surface area contributed by atoms with Crippen LogP contribution in [0, 0.1) is 11.8 Å². The van der Waals surface area contributed by atoms with Gasteiger partial charge in [0.15, 0.2) is 0 Å². The highest BCUT2D eigenvalue weighted by molar-refractivity contribution is 5.92. The summed E-state index contributed by atoms with van der Waals surface area (Å²) in [5, 5.41) is 14.3. The molecule has 0 spiro atoms. The fourth-order valence-corrected chi connectivity index (χ4v) is 3.58. The van der Waals surface area contributed by atoms with Crippen molar-refractivity contribution in [2.75, 3.05) is 13.6 Å². The van der Waals surface area contributed by atoms with Crippen molar-refractivity contribution in [3.8, 4) is 0 Å². The van der Waals surface area contributed by atoms with Gasteiger partial charge in [0.1, 0.15) is 5.54 Å². The number of allylic oxidation sites excluding steroid dienone is 1. The average molecular weight is 353 g/mol. The number of hydrogen-bond donors (Lipinski definition) is 3. The molecule has 0 heterocycles. The Morgan fingerprint density at radius 3 is 2.36 bits per heavy atom. The number of carbonyl (C=O) groups is 3. The molecule has 0 aromatic heterocycles. The monoisotopic (exact) mass is 353 g/mol. The predicted octanol–water partition coefficient (Wildman–Crippen LogP) is 1.99. The molecule has 1 rings (SSSR count). The van der Waals surface area contributed by atoms with Gasteiger partial charge < -0.3 is 20.6 Å². The van der Waals surface area contributed by atoms with E-state index < -0.39 is 17.2 Å². The summed E-state index contributed by atoms with van der Waals surface area (Å²) in [5.74, 6) is -0.694. The van der Waals surface area contributed by atoms with Gasteiger partial charge >= 0.3 is 6.09 Å². The van der Waals surface area contributed by atoms with Crippen molar-refractivity contribution in [1.29, 1.82) is 0 Å². The van der Waals surface area contributed by atoms with Gasteiger partial charge in [0.2, 0.25) is 11.8 Å². The minimum absolute atomic E-state index is 0.0913. The highest BCUT2D eigenvalue weighted by Crippen LogP contribution is 2.42. The molecular formula is C18H31N3O4. The van der Waals surface area contributed by atoms with Crippen molar-refractivity contribution in [2.24, 2.45) is 11.8 Å². The zero-order chi connectivity index (χ0) is 19.4. The largest absolute Gasteiger partial charge is 0.465 e. The number of nitrogens with one attached hydrogen (secondary N) is 2. The molecule has 7 nitrogen and oxygen atoms in total. The van der Waals surface area contributed by atoms with Crippen LogP contribution >= 0.6 is 0 Å². The molecule has 25 heavy (non-hydrogen) atoms. The molecule has 1 saturated carbocycles. The van der Waals surface area contributed by atoms with Crippen LogP contribution in [0.2, 0.25) is 0 Å². The highest BCUT2D eigenvalue weighted by atomic mass is 16.4. The fourth-order valence-electron chi connectivity index (χ4n) is 3.58. The second-order valence-electron chi connectivity index (χ2n) is 7.87. The first-order chi connectivity index (χ1) is 11.4. The van der Waals surface area contributed by atoms with Gasteiger partial charge in [-0.25, -0.2) is 4.79 Å². The molecule has 0 bridgehead atoms. The zero-order valence-electron chi connectivity index (χ0n) is 15.9. The molecule has 0 aromatic rings. The first-order valence-corrected chi connectivity index (χ1v) is 8.60. The van der Waals surface area contributed by atoms with Gasteiger partial charge in [0.05, 0.1) is 0 Å². The molecule has 7 heteroatoms. The van der Waals surface area contributed by atoms with Crippen LogP contribution in [0.5, 0.6) is 0 Å². The Kier molecular flexibility index (Phi) is 6.62. The van der Waals surface area contributed by atoms with Crippen LogP contribution in [-0.4, -0.2) is 52.6 Å². The fraction of sp³-hybridized carbons (Fsp3) is 0.722. The Hall–Kier alpha value is -2.05. The second kappa shape index (κ2) is 7.89. The third-order valence-corrected chi connectivity index (χ3v) is 4.92. The van der Waals surface area contributed by atoms with Crippen LogP contribution < -0.4 is 10.6 Å². The lowest BCUT2D eigenvalue weighted by Gasteiger charge is -2.50. The van der Waals surface area contributed by atoms with Gasteiger partial charge in [-0.1, -0.05) is 6.08 Å². The predicted molar refractivity (Wildman–Crippen MR) is 96.1 cm³/mol. The lowest BCUT2D eigenvalue weighted by atomic mass is 9.66. The van der Waals surface area contributed by atoms with Crippen molar-refractivity contribution >= 4 is 17.9 Å². The Bertz CT molecular complexity index is 541. The normalized spacial score (nSPS) is 26.4. The summed E-state index contributed by atoms with van der Waals surface area (Å²) in [7, 11) is 1.61. The van der Waals surface area contributed by atoms with Gasteiger partial charge in [0.25, 0.3) is 0 Å². The van der Waals surface area contributed by atoms with Crippen LogP contribution in [0.3, 0.4) is 0 Å². The smallest absolute Gasteiger partial charge is 0.404 e. The second-order valence-corrected chi connectivity index (χ2v) is 7.87. The van der Waals surface area contributed by atoms with E-state index in [2.05, 4.69) is 17.2 Å². The summed E-state index contributed by atoms with van der Waals surface area (Å²) in [6.45, 7) is 11.0. The van der Waals surface area contributed by atoms with E-state index in [4.69, 9.17) is 5.11 Å². The van der Waals surface area contributed by atoms with Crippen molar-refractivity contribution in [2.45, 2.75) is 58.0 Å². The van der Waals surface area contributed by atoms with E-state index in [0.717, 1.165) is 6.42 Å². The summed E-state index contributed by atoms with van der Waals surface area (Å²) in [4.78, 5) is 37.9. The lowest BCUT2D eigenvalue weighted by molar-refractivity contribution is -0.153. The Morgan fingerprint density at radius 2 is 1.92 bits per heavy atom. The van der Waals surface area contributed by atoms with E-state index in [-0.39, 0.29) is 30.2 Å². The number of rotatable bonds is 5. The molecule has 2 unspecified atom stereocenters. The Labute approximate surface area is 149 Å². The third-order valence-electron chi connectivity index (χ3n) is 4.92. The van der Waals surface area contributed by atoms with Gasteiger partial charge in [-0.15, -0.1) is 6.58 Å². The topological polar surface area (TPSA) is 98.7 Å². The summed E-state index contributed by atoms with van der Waals surface area (Å²) in [5.41, 5.74) is -1.58. The van der Waals surface area contributed by atoms with E-state index in [1.807, 2.05) is 26.8 Å². The van der Waals surface area contributed by atoms with Crippen LogP contribution in [0.1, 0.15) is 47.0 Å². The third kappa shape index (κ3) is 4.96. The van der Waals surface area contributed by atoms with Crippen LogP contribution in [0.4, 0.5) is 4.79 Å².